The molecule has 14 heavy (non-hydrogen) atoms. The van der Waals surface area contributed by atoms with Gasteiger partial charge in [-0.15, -0.1) is 0 Å². The van der Waals surface area contributed by atoms with E-state index in [2.05, 4.69) is 0 Å². The second-order valence-corrected chi connectivity index (χ2v) is 4.14. The summed E-state index contributed by atoms with van der Waals surface area (Å²) < 4.78 is 4.74. The van der Waals surface area contributed by atoms with E-state index in [-0.39, 0.29) is 23.9 Å². The van der Waals surface area contributed by atoms with Crippen LogP contribution < -0.4 is 0 Å². The number of rotatable bonds is 1. The van der Waals surface area contributed by atoms with Crippen molar-refractivity contribution < 1.29 is 14.6 Å². The second kappa shape index (κ2) is 3.73. The van der Waals surface area contributed by atoms with Crippen LogP contribution >= 0.6 is 0 Å². The highest BCUT2D eigenvalue weighted by Gasteiger charge is 2.40. The van der Waals surface area contributed by atoms with E-state index < -0.39 is 0 Å². The molecule has 0 amide bonds. The fourth-order valence-electron chi connectivity index (χ4n) is 2.76. The number of allylic oxidation sites excluding steroid dienone is 1. The van der Waals surface area contributed by atoms with E-state index in [0.717, 1.165) is 31.3 Å². The van der Waals surface area contributed by atoms with Crippen LogP contribution in [-0.4, -0.2) is 24.3 Å². The maximum atomic E-state index is 11.4. The van der Waals surface area contributed by atoms with Crippen molar-refractivity contribution in [3.05, 3.63) is 11.6 Å². The van der Waals surface area contributed by atoms with Crippen LogP contribution in [0.5, 0.6) is 0 Å². The molecule has 0 aromatic carbocycles. The van der Waals surface area contributed by atoms with Crippen molar-refractivity contribution in [2.75, 3.05) is 7.11 Å². The minimum atomic E-state index is -0.214. The summed E-state index contributed by atoms with van der Waals surface area (Å²) in [6.45, 7) is 0. The number of carbonyl (C=O) groups excluding carboxylic acids is 1. The van der Waals surface area contributed by atoms with Crippen molar-refractivity contribution in [3.8, 4) is 0 Å². The van der Waals surface area contributed by atoms with Crippen LogP contribution in [0.2, 0.25) is 0 Å². The number of aliphatic hydroxyl groups excluding tert-OH is 1. The van der Waals surface area contributed by atoms with Crippen molar-refractivity contribution in [1.82, 2.24) is 0 Å². The van der Waals surface area contributed by atoms with Crippen molar-refractivity contribution in [2.24, 2.45) is 11.8 Å². The number of aliphatic hydroxyl groups is 1. The Morgan fingerprint density at radius 3 is 3.00 bits per heavy atom. The van der Waals surface area contributed by atoms with Crippen molar-refractivity contribution in [3.63, 3.8) is 0 Å². The zero-order chi connectivity index (χ0) is 10.1. The number of carbonyl (C=O) groups is 1. The van der Waals surface area contributed by atoms with E-state index in [4.69, 9.17) is 4.74 Å². The Hall–Kier alpha value is -0.830. The van der Waals surface area contributed by atoms with E-state index in [9.17, 15) is 9.90 Å². The summed E-state index contributed by atoms with van der Waals surface area (Å²) in [4.78, 5) is 11.4. The third kappa shape index (κ3) is 1.46. The number of ether oxygens (including phenoxy) is 1. The predicted molar refractivity (Wildman–Crippen MR) is 51.6 cm³/mol. The van der Waals surface area contributed by atoms with Gasteiger partial charge in [-0.05, 0) is 37.5 Å². The maximum absolute atomic E-state index is 11.4. The Labute approximate surface area is 83.8 Å². The van der Waals surface area contributed by atoms with E-state index in [0.29, 0.717) is 0 Å². The Morgan fingerprint density at radius 2 is 2.29 bits per heavy atom. The fourth-order valence-corrected chi connectivity index (χ4v) is 2.76. The molecule has 3 heteroatoms. The molecule has 78 valence electrons. The summed E-state index contributed by atoms with van der Waals surface area (Å²) in [5.74, 6) is 0.314. The third-order valence-corrected chi connectivity index (χ3v) is 3.47. The van der Waals surface area contributed by atoms with Gasteiger partial charge in [-0.1, -0.05) is 6.08 Å². The zero-order valence-corrected chi connectivity index (χ0v) is 8.40. The summed E-state index contributed by atoms with van der Waals surface area (Å²) in [5.41, 5.74) is 0.792. The highest BCUT2D eigenvalue weighted by Crippen LogP contribution is 2.43. The number of fused-ring (bicyclic) bond motifs is 1. The standard InChI is InChI=1S/C11H16O3/c1-14-11(13)9-4-2-3-8-7(9)5-6-10(8)12/h4,7-8,10,12H,2-3,5-6H2,1H3/t7-,8-,10+/m0/s1. The van der Waals surface area contributed by atoms with Crippen molar-refractivity contribution in [1.29, 1.82) is 0 Å². The molecule has 2 rings (SSSR count). The summed E-state index contributed by atoms with van der Waals surface area (Å²) in [6.07, 6.45) is 5.41. The van der Waals surface area contributed by atoms with Gasteiger partial charge in [-0.2, -0.15) is 0 Å². The lowest BCUT2D eigenvalue weighted by Crippen LogP contribution is -2.26. The SMILES string of the molecule is COC(=O)C1=CCC[C@@H]2[C@H](O)CC[C@H]12. The topological polar surface area (TPSA) is 46.5 Å². The molecule has 0 heterocycles. The predicted octanol–water partition coefficient (Wildman–Crippen LogP) is 1.27. The highest BCUT2D eigenvalue weighted by atomic mass is 16.5. The summed E-state index contributed by atoms with van der Waals surface area (Å²) in [6, 6.07) is 0. The third-order valence-electron chi connectivity index (χ3n) is 3.47. The van der Waals surface area contributed by atoms with Gasteiger partial charge in [0.25, 0.3) is 0 Å². The van der Waals surface area contributed by atoms with Crippen LogP contribution in [-0.2, 0) is 9.53 Å². The van der Waals surface area contributed by atoms with Crippen LogP contribution in [0.3, 0.4) is 0 Å². The quantitative estimate of drug-likeness (QED) is 0.642. The van der Waals surface area contributed by atoms with Gasteiger partial charge in [0, 0.05) is 5.57 Å². The molecule has 1 saturated carbocycles. The molecule has 1 fully saturated rings. The molecule has 0 aromatic heterocycles. The van der Waals surface area contributed by atoms with Crippen molar-refractivity contribution in [2.45, 2.75) is 31.8 Å². The van der Waals surface area contributed by atoms with E-state index in [1.165, 1.54) is 7.11 Å². The molecule has 2 aliphatic rings. The largest absolute Gasteiger partial charge is 0.466 e. The van der Waals surface area contributed by atoms with Crippen LogP contribution in [0.15, 0.2) is 11.6 Å². The second-order valence-electron chi connectivity index (χ2n) is 4.14. The summed E-state index contributed by atoms with van der Waals surface area (Å²) in [7, 11) is 1.41. The average Bonchev–Trinajstić information content (AvgIpc) is 2.59. The van der Waals surface area contributed by atoms with E-state index in [1.54, 1.807) is 0 Å². The normalized spacial score (nSPS) is 36.1. The molecule has 0 aromatic rings. The molecule has 2 aliphatic carbocycles. The number of methoxy groups -OCH3 is 1. The van der Waals surface area contributed by atoms with Gasteiger partial charge in [0.05, 0.1) is 13.2 Å². The molecular formula is C11H16O3. The number of esters is 1. The van der Waals surface area contributed by atoms with Gasteiger partial charge < -0.3 is 9.84 Å². The first-order valence-electron chi connectivity index (χ1n) is 5.20. The summed E-state index contributed by atoms with van der Waals surface area (Å²) >= 11 is 0. The molecule has 0 saturated heterocycles. The first kappa shape index (κ1) is 9.71. The van der Waals surface area contributed by atoms with Gasteiger partial charge in [0.1, 0.15) is 0 Å². The Bertz CT molecular complexity index is 270. The van der Waals surface area contributed by atoms with E-state index in [1.807, 2.05) is 6.08 Å². The number of hydrogen-bond donors (Lipinski definition) is 1. The lowest BCUT2D eigenvalue weighted by atomic mass is 9.80. The summed E-state index contributed by atoms with van der Waals surface area (Å²) in [5, 5.41) is 9.72. The van der Waals surface area contributed by atoms with Crippen LogP contribution in [0.4, 0.5) is 0 Å². The molecule has 0 bridgehead atoms. The van der Waals surface area contributed by atoms with Gasteiger partial charge in [-0.3, -0.25) is 0 Å². The molecular weight excluding hydrogens is 180 g/mol. The smallest absolute Gasteiger partial charge is 0.333 e. The lowest BCUT2D eigenvalue weighted by Gasteiger charge is -2.26. The minimum Gasteiger partial charge on any atom is -0.466 e. The van der Waals surface area contributed by atoms with Gasteiger partial charge in [0.15, 0.2) is 0 Å². The Kier molecular flexibility index (Phi) is 2.59. The fraction of sp³-hybridized carbons (Fsp3) is 0.727. The van der Waals surface area contributed by atoms with Gasteiger partial charge in [0.2, 0.25) is 0 Å². The Morgan fingerprint density at radius 1 is 1.50 bits per heavy atom. The molecule has 0 aliphatic heterocycles. The first-order valence-corrected chi connectivity index (χ1v) is 5.20. The molecule has 1 N–H and O–H groups in total. The molecule has 0 spiro atoms. The molecule has 3 atom stereocenters. The van der Waals surface area contributed by atoms with Crippen LogP contribution in [0, 0.1) is 11.8 Å². The molecule has 0 radical (unpaired) electrons. The lowest BCUT2D eigenvalue weighted by molar-refractivity contribution is -0.137. The van der Waals surface area contributed by atoms with Crippen molar-refractivity contribution >= 4 is 5.97 Å². The van der Waals surface area contributed by atoms with Crippen LogP contribution in [0.25, 0.3) is 0 Å². The molecule has 0 unspecified atom stereocenters. The maximum Gasteiger partial charge on any atom is 0.333 e. The minimum absolute atomic E-state index is 0.214. The van der Waals surface area contributed by atoms with Gasteiger partial charge in [-0.25, -0.2) is 4.79 Å². The Balaban J connectivity index is 2.18. The zero-order valence-electron chi connectivity index (χ0n) is 8.40. The highest BCUT2D eigenvalue weighted by molar-refractivity contribution is 5.89. The van der Waals surface area contributed by atoms with E-state index >= 15 is 0 Å². The van der Waals surface area contributed by atoms with Crippen LogP contribution in [0.1, 0.15) is 25.7 Å². The molecule has 3 nitrogen and oxygen atoms in total. The van der Waals surface area contributed by atoms with Gasteiger partial charge >= 0.3 is 5.97 Å². The monoisotopic (exact) mass is 196 g/mol. The first-order chi connectivity index (χ1) is 6.74. The average molecular weight is 196 g/mol. The number of hydrogen-bond acceptors (Lipinski definition) is 3.